The van der Waals surface area contributed by atoms with Crippen molar-refractivity contribution in [3.05, 3.63) is 39.9 Å². The minimum atomic E-state index is -0.292. The van der Waals surface area contributed by atoms with Gasteiger partial charge in [-0.15, -0.1) is 0 Å². The monoisotopic (exact) mass is 264 g/mol. The highest BCUT2D eigenvalue weighted by Gasteiger charge is 2.17. The summed E-state index contributed by atoms with van der Waals surface area (Å²) in [7, 11) is 0. The minimum absolute atomic E-state index is 0.226. The van der Waals surface area contributed by atoms with Crippen LogP contribution in [-0.4, -0.2) is 22.4 Å². The fourth-order valence-corrected chi connectivity index (χ4v) is 2.13. The SMILES string of the molecule is CCCCCN(Cc1ccccc1[N+](=O)[O-])C(C)C. The fraction of sp³-hybridized carbons (Fsp3) is 0.600. The number of nitro benzene ring substituents is 1. The van der Waals surface area contributed by atoms with E-state index < -0.39 is 0 Å². The predicted molar refractivity (Wildman–Crippen MR) is 78.2 cm³/mol. The van der Waals surface area contributed by atoms with Crippen molar-refractivity contribution in [1.29, 1.82) is 0 Å². The summed E-state index contributed by atoms with van der Waals surface area (Å²) in [5, 5.41) is 11.0. The maximum absolute atomic E-state index is 11.0. The lowest BCUT2D eigenvalue weighted by Crippen LogP contribution is -2.31. The molecule has 0 heterocycles. The maximum Gasteiger partial charge on any atom is 0.273 e. The van der Waals surface area contributed by atoms with Gasteiger partial charge in [0.2, 0.25) is 0 Å². The van der Waals surface area contributed by atoms with Gasteiger partial charge in [-0.1, -0.05) is 38.0 Å². The third-order valence-electron chi connectivity index (χ3n) is 3.34. The molecule has 0 aromatic heterocycles. The first-order valence-corrected chi connectivity index (χ1v) is 7.02. The van der Waals surface area contributed by atoms with Gasteiger partial charge in [-0.2, -0.15) is 0 Å². The second-order valence-electron chi connectivity index (χ2n) is 5.16. The normalized spacial score (nSPS) is 11.2. The van der Waals surface area contributed by atoms with E-state index >= 15 is 0 Å². The van der Waals surface area contributed by atoms with E-state index in [2.05, 4.69) is 25.7 Å². The Labute approximate surface area is 115 Å². The number of para-hydroxylation sites is 1. The van der Waals surface area contributed by atoms with Crippen LogP contribution in [0.5, 0.6) is 0 Å². The molecular formula is C15H24N2O2. The van der Waals surface area contributed by atoms with Gasteiger partial charge in [0.05, 0.1) is 4.92 Å². The molecule has 106 valence electrons. The summed E-state index contributed by atoms with van der Waals surface area (Å²) in [6.45, 7) is 8.11. The van der Waals surface area contributed by atoms with Gasteiger partial charge in [0.1, 0.15) is 0 Å². The van der Waals surface area contributed by atoms with Crippen molar-refractivity contribution in [2.75, 3.05) is 6.54 Å². The summed E-state index contributed by atoms with van der Waals surface area (Å²) in [5.41, 5.74) is 1.03. The Bertz CT molecular complexity index is 405. The van der Waals surface area contributed by atoms with Gasteiger partial charge in [0.15, 0.2) is 0 Å². The molecule has 0 saturated carbocycles. The molecule has 0 unspecified atom stereocenters. The van der Waals surface area contributed by atoms with Crippen molar-refractivity contribution in [3.63, 3.8) is 0 Å². The summed E-state index contributed by atoms with van der Waals surface area (Å²) in [6.07, 6.45) is 3.55. The molecule has 0 bridgehead atoms. The average molecular weight is 264 g/mol. The standard InChI is InChI=1S/C15H24N2O2/c1-4-5-8-11-16(13(2)3)12-14-9-6-7-10-15(14)17(18)19/h6-7,9-10,13H,4-5,8,11-12H2,1-3H3. The number of nitrogens with zero attached hydrogens (tertiary/aromatic N) is 2. The molecule has 0 aliphatic carbocycles. The molecule has 0 fully saturated rings. The van der Waals surface area contributed by atoms with E-state index in [1.807, 2.05) is 12.1 Å². The lowest BCUT2D eigenvalue weighted by molar-refractivity contribution is -0.385. The summed E-state index contributed by atoms with van der Waals surface area (Å²) < 4.78 is 0. The quantitative estimate of drug-likeness (QED) is 0.405. The Morgan fingerprint density at radius 3 is 2.53 bits per heavy atom. The van der Waals surface area contributed by atoms with Crippen molar-refractivity contribution in [3.8, 4) is 0 Å². The Balaban J connectivity index is 2.76. The zero-order chi connectivity index (χ0) is 14.3. The number of nitro groups is 1. The van der Waals surface area contributed by atoms with Gasteiger partial charge in [-0.05, 0) is 26.8 Å². The van der Waals surface area contributed by atoms with Gasteiger partial charge < -0.3 is 0 Å². The number of hydrogen-bond donors (Lipinski definition) is 0. The first kappa shape index (κ1) is 15.6. The van der Waals surface area contributed by atoms with E-state index in [4.69, 9.17) is 0 Å². The average Bonchev–Trinajstić information content (AvgIpc) is 2.38. The molecule has 0 aliphatic heterocycles. The summed E-state index contributed by atoms with van der Waals surface area (Å²) in [6, 6.07) is 7.43. The largest absolute Gasteiger partial charge is 0.296 e. The van der Waals surface area contributed by atoms with E-state index in [0.29, 0.717) is 12.6 Å². The van der Waals surface area contributed by atoms with Crippen molar-refractivity contribution in [2.45, 2.75) is 52.6 Å². The van der Waals surface area contributed by atoms with Gasteiger partial charge >= 0.3 is 0 Å². The molecule has 1 rings (SSSR count). The van der Waals surface area contributed by atoms with Crippen LogP contribution in [-0.2, 0) is 6.54 Å². The molecule has 0 atom stereocenters. The van der Waals surface area contributed by atoms with E-state index in [0.717, 1.165) is 18.5 Å². The highest BCUT2D eigenvalue weighted by molar-refractivity contribution is 5.39. The van der Waals surface area contributed by atoms with Crippen LogP contribution < -0.4 is 0 Å². The van der Waals surface area contributed by atoms with Crippen molar-refractivity contribution < 1.29 is 4.92 Å². The first-order chi connectivity index (χ1) is 9.06. The van der Waals surface area contributed by atoms with Crippen LogP contribution in [0, 0.1) is 10.1 Å². The molecule has 0 N–H and O–H groups in total. The predicted octanol–water partition coefficient (Wildman–Crippen LogP) is 4.00. The lowest BCUT2D eigenvalue weighted by atomic mass is 10.1. The van der Waals surface area contributed by atoms with Crippen molar-refractivity contribution in [2.24, 2.45) is 0 Å². The minimum Gasteiger partial charge on any atom is -0.296 e. The molecule has 19 heavy (non-hydrogen) atoms. The Morgan fingerprint density at radius 1 is 1.26 bits per heavy atom. The molecule has 0 amide bonds. The molecule has 4 heteroatoms. The fourth-order valence-electron chi connectivity index (χ4n) is 2.13. The number of benzene rings is 1. The summed E-state index contributed by atoms with van der Waals surface area (Å²) in [5.74, 6) is 0. The molecule has 0 spiro atoms. The topological polar surface area (TPSA) is 46.4 Å². The molecule has 1 aromatic carbocycles. The van der Waals surface area contributed by atoms with Gasteiger partial charge in [0.25, 0.3) is 5.69 Å². The maximum atomic E-state index is 11.0. The smallest absolute Gasteiger partial charge is 0.273 e. The van der Waals surface area contributed by atoms with Crippen molar-refractivity contribution in [1.82, 2.24) is 4.90 Å². The molecule has 0 aliphatic rings. The van der Waals surface area contributed by atoms with Gasteiger partial charge in [-0.3, -0.25) is 15.0 Å². The van der Waals surface area contributed by atoms with Crippen LogP contribution in [0.3, 0.4) is 0 Å². The van der Waals surface area contributed by atoms with Crippen molar-refractivity contribution >= 4 is 5.69 Å². The van der Waals surface area contributed by atoms with E-state index in [9.17, 15) is 10.1 Å². The number of hydrogen-bond acceptors (Lipinski definition) is 3. The number of unbranched alkanes of at least 4 members (excludes halogenated alkanes) is 2. The highest BCUT2D eigenvalue weighted by Crippen LogP contribution is 2.20. The van der Waals surface area contributed by atoms with Crippen LogP contribution >= 0.6 is 0 Å². The Hall–Kier alpha value is -1.42. The molecule has 1 aromatic rings. The third kappa shape index (κ3) is 4.99. The first-order valence-electron chi connectivity index (χ1n) is 7.02. The van der Waals surface area contributed by atoms with E-state index in [1.165, 1.54) is 12.8 Å². The van der Waals surface area contributed by atoms with Crippen LogP contribution in [0.15, 0.2) is 24.3 Å². The zero-order valence-corrected chi connectivity index (χ0v) is 12.1. The lowest BCUT2D eigenvalue weighted by Gasteiger charge is -2.26. The zero-order valence-electron chi connectivity index (χ0n) is 12.1. The Kier molecular flexibility index (Phi) is 6.50. The van der Waals surface area contributed by atoms with Crippen LogP contribution in [0.4, 0.5) is 5.69 Å². The third-order valence-corrected chi connectivity index (χ3v) is 3.34. The second-order valence-corrected chi connectivity index (χ2v) is 5.16. The molecule has 0 radical (unpaired) electrons. The molecular weight excluding hydrogens is 240 g/mol. The van der Waals surface area contributed by atoms with Crippen LogP contribution in [0.2, 0.25) is 0 Å². The van der Waals surface area contributed by atoms with Crippen LogP contribution in [0.1, 0.15) is 45.6 Å². The van der Waals surface area contributed by atoms with Crippen LogP contribution in [0.25, 0.3) is 0 Å². The van der Waals surface area contributed by atoms with Gasteiger partial charge in [-0.25, -0.2) is 0 Å². The summed E-state index contributed by atoms with van der Waals surface area (Å²) >= 11 is 0. The molecule has 0 saturated heterocycles. The van der Waals surface area contributed by atoms with E-state index in [-0.39, 0.29) is 10.6 Å². The van der Waals surface area contributed by atoms with E-state index in [1.54, 1.807) is 12.1 Å². The number of rotatable bonds is 8. The second kappa shape index (κ2) is 7.89. The summed E-state index contributed by atoms with van der Waals surface area (Å²) in [4.78, 5) is 13.0. The Morgan fingerprint density at radius 2 is 1.95 bits per heavy atom. The van der Waals surface area contributed by atoms with Gasteiger partial charge in [0, 0.05) is 24.2 Å². The molecule has 4 nitrogen and oxygen atoms in total. The highest BCUT2D eigenvalue weighted by atomic mass is 16.6.